The second-order valence-corrected chi connectivity index (χ2v) is 6.85. The quantitative estimate of drug-likeness (QED) is 0.594. The molecule has 0 atom stereocenters. The van der Waals surface area contributed by atoms with Crippen LogP contribution in [0.1, 0.15) is 44.2 Å². The molecule has 0 unspecified atom stereocenters. The van der Waals surface area contributed by atoms with Gasteiger partial charge >= 0.3 is 0 Å². The molecule has 0 aliphatic rings. The van der Waals surface area contributed by atoms with E-state index >= 15 is 0 Å². The number of hydrogen-bond donors (Lipinski definition) is 1. The molecule has 130 valence electrons. The van der Waals surface area contributed by atoms with Crippen molar-refractivity contribution in [3.05, 3.63) is 71.8 Å². The Kier molecular flexibility index (Phi) is 8.58. The maximum absolute atomic E-state index is 3.50. The van der Waals surface area contributed by atoms with Gasteiger partial charge in [-0.3, -0.25) is 4.90 Å². The molecule has 1 N–H and O–H groups in total. The number of benzene rings is 2. The molecule has 0 aliphatic carbocycles. The minimum absolute atomic E-state index is 0.595. The summed E-state index contributed by atoms with van der Waals surface area (Å²) < 4.78 is 0. The maximum atomic E-state index is 3.50. The van der Waals surface area contributed by atoms with E-state index in [2.05, 4.69) is 84.7 Å². The first-order chi connectivity index (χ1) is 11.7. The standard InChI is InChI=1S/C22H32N2/c1-20(2)23-16-10-5-11-17-24(18-21-12-6-3-7-13-21)19-22-14-8-4-9-15-22/h3-4,6-9,12-15,20,23H,5,10-11,16-19H2,1-2H3. The van der Waals surface area contributed by atoms with Crippen molar-refractivity contribution >= 4 is 0 Å². The van der Waals surface area contributed by atoms with Gasteiger partial charge in [-0.25, -0.2) is 0 Å². The second-order valence-electron chi connectivity index (χ2n) is 6.85. The second kappa shape index (κ2) is 11.0. The summed E-state index contributed by atoms with van der Waals surface area (Å²) in [5.74, 6) is 0. The highest BCUT2D eigenvalue weighted by atomic mass is 15.1. The van der Waals surface area contributed by atoms with Gasteiger partial charge in [0.2, 0.25) is 0 Å². The van der Waals surface area contributed by atoms with Crippen molar-refractivity contribution in [2.75, 3.05) is 13.1 Å². The summed E-state index contributed by atoms with van der Waals surface area (Å²) in [6, 6.07) is 22.2. The molecule has 2 aromatic rings. The smallest absolute Gasteiger partial charge is 0.0237 e. The molecule has 24 heavy (non-hydrogen) atoms. The van der Waals surface area contributed by atoms with Crippen LogP contribution < -0.4 is 5.32 Å². The Bertz CT molecular complexity index is 495. The Hall–Kier alpha value is -1.64. The Morgan fingerprint density at radius 1 is 0.750 bits per heavy atom. The average molecular weight is 325 g/mol. The maximum Gasteiger partial charge on any atom is 0.0237 e. The van der Waals surface area contributed by atoms with E-state index in [1.54, 1.807) is 0 Å². The van der Waals surface area contributed by atoms with Gasteiger partial charge in [0.1, 0.15) is 0 Å². The van der Waals surface area contributed by atoms with Crippen LogP contribution in [0, 0.1) is 0 Å². The normalized spacial score (nSPS) is 11.3. The Morgan fingerprint density at radius 3 is 1.79 bits per heavy atom. The fourth-order valence-corrected chi connectivity index (χ4v) is 2.93. The van der Waals surface area contributed by atoms with Gasteiger partial charge in [-0.15, -0.1) is 0 Å². The monoisotopic (exact) mass is 324 g/mol. The van der Waals surface area contributed by atoms with Crippen LogP contribution in [0.2, 0.25) is 0 Å². The van der Waals surface area contributed by atoms with Crippen molar-refractivity contribution < 1.29 is 0 Å². The lowest BCUT2D eigenvalue weighted by Crippen LogP contribution is -2.25. The van der Waals surface area contributed by atoms with E-state index in [4.69, 9.17) is 0 Å². The topological polar surface area (TPSA) is 15.3 Å². The molecule has 2 aromatic carbocycles. The van der Waals surface area contributed by atoms with Crippen LogP contribution in [-0.2, 0) is 13.1 Å². The van der Waals surface area contributed by atoms with Crippen molar-refractivity contribution in [3.63, 3.8) is 0 Å². The molecular weight excluding hydrogens is 292 g/mol. The summed E-state index contributed by atoms with van der Waals surface area (Å²) in [4.78, 5) is 2.57. The summed E-state index contributed by atoms with van der Waals surface area (Å²) >= 11 is 0. The lowest BCUT2D eigenvalue weighted by Gasteiger charge is -2.23. The van der Waals surface area contributed by atoms with Crippen LogP contribution in [0.4, 0.5) is 0 Å². The van der Waals surface area contributed by atoms with Crippen LogP contribution in [0.25, 0.3) is 0 Å². The lowest BCUT2D eigenvalue weighted by molar-refractivity contribution is 0.250. The Balaban J connectivity index is 1.81. The average Bonchev–Trinajstić information content (AvgIpc) is 2.59. The molecular formula is C22H32N2. The van der Waals surface area contributed by atoms with Crippen molar-refractivity contribution in [3.8, 4) is 0 Å². The molecule has 2 rings (SSSR count). The first-order valence-electron chi connectivity index (χ1n) is 9.27. The van der Waals surface area contributed by atoms with Gasteiger partial charge < -0.3 is 5.32 Å². The molecule has 2 heteroatoms. The molecule has 0 spiro atoms. The van der Waals surface area contributed by atoms with E-state index in [0.29, 0.717) is 6.04 Å². The number of rotatable bonds is 11. The predicted molar refractivity (Wildman–Crippen MR) is 104 cm³/mol. The van der Waals surface area contributed by atoms with E-state index in [-0.39, 0.29) is 0 Å². The molecule has 0 heterocycles. The van der Waals surface area contributed by atoms with Crippen molar-refractivity contribution in [1.82, 2.24) is 10.2 Å². The summed E-state index contributed by atoms with van der Waals surface area (Å²) in [5.41, 5.74) is 2.80. The molecule has 0 radical (unpaired) electrons. The highest BCUT2D eigenvalue weighted by molar-refractivity contribution is 5.17. The van der Waals surface area contributed by atoms with Gasteiger partial charge in [-0.2, -0.15) is 0 Å². The van der Waals surface area contributed by atoms with E-state index in [9.17, 15) is 0 Å². The van der Waals surface area contributed by atoms with E-state index in [0.717, 1.165) is 26.2 Å². The fraction of sp³-hybridized carbons (Fsp3) is 0.455. The third-order valence-electron chi connectivity index (χ3n) is 4.20. The first kappa shape index (κ1) is 18.7. The zero-order valence-corrected chi connectivity index (χ0v) is 15.2. The van der Waals surface area contributed by atoms with Crippen LogP contribution in [0.3, 0.4) is 0 Å². The molecule has 0 fully saturated rings. The molecule has 0 aromatic heterocycles. The molecule has 2 nitrogen and oxygen atoms in total. The van der Waals surface area contributed by atoms with Gasteiger partial charge in [0.05, 0.1) is 0 Å². The minimum Gasteiger partial charge on any atom is -0.315 e. The van der Waals surface area contributed by atoms with Gasteiger partial charge in [0, 0.05) is 19.1 Å². The number of unbranched alkanes of at least 4 members (excludes halogenated alkanes) is 2. The third kappa shape index (κ3) is 7.76. The minimum atomic E-state index is 0.595. The third-order valence-corrected chi connectivity index (χ3v) is 4.20. The Morgan fingerprint density at radius 2 is 1.29 bits per heavy atom. The summed E-state index contributed by atoms with van der Waals surface area (Å²) in [7, 11) is 0. The largest absolute Gasteiger partial charge is 0.315 e. The van der Waals surface area contributed by atoms with Crippen molar-refractivity contribution in [2.24, 2.45) is 0 Å². The van der Waals surface area contributed by atoms with Crippen LogP contribution in [0.15, 0.2) is 60.7 Å². The predicted octanol–water partition coefficient (Wildman–Crippen LogP) is 4.86. The van der Waals surface area contributed by atoms with Gasteiger partial charge in [0.15, 0.2) is 0 Å². The zero-order chi connectivity index (χ0) is 17.0. The van der Waals surface area contributed by atoms with Gasteiger partial charge in [-0.1, -0.05) is 80.9 Å². The SMILES string of the molecule is CC(C)NCCCCCN(Cc1ccccc1)Cc1ccccc1. The highest BCUT2D eigenvalue weighted by Crippen LogP contribution is 2.11. The first-order valence-corrected chi connectivity index (χ1v) is 9.27. The van der Waals surface area contributed by atoms with Gasteiger partial charge in [-0.05, 0) is 37.1 Å². The Labute approximate surface area is 147 Å². The zero-order valence-electron chi connectivity index (χ0n) is 15.2. The van der Waals surface area contributed by atoms with Crippen LogP contribution >= 0.6 is 0 Å². The molecule has 0 aliphatic heterocycles. The summed E-state index contributed by atoms with van der Waals surface area (Å²) in [5, 5.41) is 3.50. The molecule has 0 amide bonds. The summed E-state index contributed by atoms with van der Waals surface area (Å²) in [6.45, 7) is 8.77. The van der Waals surface area contributed by atoms with Crippen molar-refractivity contribution in [2.45, 2.75) is 52.2 Å². The lowest BCUT2D eigenvalue weighted by atomic mass is 10.1. The number of nitrogens with zero attached hydrogens (tertiary/aromatic N) is 1. The van der Waals surface area contributed by atoms with E-state index in [1.165, 1.54) is 30.4 Å². The van der Waals surface area contributed by atoms with Gasteiger partial charge in [0.25, 0.3) is 0 Å². The van der Waals surface area contributed by atoms with Crippen LogP contribution in [-0.4, -0.2) is 24.0 Å². The summed E-state index contributed by atoms with van der Waals surface area (Å²) in [6.07, 6.45) is 3.82. The van der Waals surface area contributed by atoms with Crippen LogP contribution in [0.5, 0.6) is 0 Å². The van der Waals surface area contributed by atoms with Crippen molar-refractivity contribution in [1.29, 1.82) is 0 Å². The highest BCUT2D eigenvalue weighted by Gasteiger charge is 2.07. The molecule has 0 bridgehead atoms. The fourth-order valence-electron chi connectivity index (χ4n) is 2.93. The number of hydrogen-bond acceptors (Lipinski definition) is 2. The molecule has 0 saturated carbocycles. The number of nitrogens with one attached hydrogen (secondary N) is 1. The van der Waals surface area contributed by atoms with E-state index < -0.39 is 0 Å². The molecule has 0 saturated heterocycles. The van der Waals surface area contributed by atoms with E-state index in [1.807, 2.05) is 0 Å².